The summed E-state index contributed by atoms with van der Waals surface area (Å²) in [5, 5.41) is 3.52. The summed E-state index contributed by atoms with van der Waals surface area (Å²) >= 11 is 0. The third kappa shape index (κ3) is 7.91. The lowest BCUT2D eigenvalue weighted by Gasteiger charge is -2.25. The maximum Gasteiger partial charge on any atom is 0.0220 e. The van der Waals surface area contributed by atoms with Crippen molar-refractivity contribution in [3.8, 4) is 0 Å². The molecule has 19 heavy (non-hydrogen) atoms. The quantitative estimate of drug-likeness (QED) is 0.615. The molecule has 3 nitrogen and oxygen atoms in total. The highest BCUT2D eigenvalue weighted by atomic mass is 15.2. The van der Waals surface area contributed by atoms with E-state index in [4.69, 9.17) is 0 Å². The van der Waals surface area contributed by atoms with Crippen molar-refractivity contribution >= 4 is 0 Å². The monoisotopic (exact) mass is 269 g/mol. The molecule has 0 aromatic carbocycles. The Balaban J connectivity index is 1.91. The highest BCUT2D eigenvalue weighted by molar-refractivity contribution is 4.78. The summed E-state index contributed by atoms with van der Waals surface area (Å²) in [6.45, 7) is 10.7. The van der Waals surface area contributed by atoms with E-state index >= 15 is 0 Å². The van der Waals surface area contributed by atoms with Gasteiger partial charge in [0.2, 0.25) is 0 Å². The van der Waals surface area contributed by atoms with E-state index < -0.39 is 0 Å². The molecule has 0 aliphatic carbocycles. The topological polar surface area (TPSA) is 18.5 Å². The predicted octanol–water partition coefficient (Wildman–Crippen LogP) is 2.43. The van der Waals surface area contributed by atoms with E-state index in [0.717, 1.165) is 18.5 Å². The second-order valence-corrected chi connectivity index (χ2v) is 6.70. The summed E-state index contributed by atoms with van der Waals surface area (Å²) in [5.74, 6) is 0.773. The lowest BCUT2D eigenvalue weighted by Crippen LogP contribution is -2.37. The molecule has 0 aromatic heterocycles. The molecule has 0 saturated carbocycles. The third-order valence-electron chi connectivity index (χ3n) is 4.14. The molecule has 1 aliphatic rings. The Labute approximate surface area is 120 Å². The van der Waals surface area contributed by atoms with Crippen molar-refractivity contribution in [2.75, 3.05) is 46.8 Å². The Kier molecular flexibility index (Phi) is 8.67. The minimum Gasteiger partial charge on any atom is -0.316 e. The van der Waals surface area contributed by atoms with Crippen LogP contribution in [0.15, 0.2) is 0 Å². The first kappa shape index (κ1) is 16.9. The van der Waals surface area contributed by atoms with E-state index in [-0.39, 0.29) is 0 Å². The number of unbranched alkanes of at least 4 members (excludes halogenated alkanes) is 2. The van der Waals surface area contributed by atoms with Crippen LogP contribution < -0.4 is 5.32 Å². The van der Waals surface area contributed by atoms with Gasteiger partial charge in [0, 0.05) is 12.6 Å². The van der Waals surface area contributed by atoms with Crippen LogP contribution in [-0.4, -0.2) is 62.7 Å². The van der Waals surface area contributed by atoms with Gasteiger partial charge in [-0.05, 0) is 71.9 Å². The smallest absolute Gasteiger partial charge is 0.0220 e. The second-order valence-electron chi connectivity index (χ2n) is 6.70. The molecule has 1 N–H and O–H groups in total. The van der Waals surface area contributed by atoms with Gasteiger partial charge in [0.15, 0.2) is 0 Å². The van der Waals surface area contributed by atoms with Gasteiger partial charge in [-0.25, -0.2) is 0 Å². The average molecular weight is 269 g/mol. The summed E-state index contributed by atoms with van der Waals surface area (Å²) in [6, 6.07) is 0.803. The SMILES string of the molecule is CC(C)CNCCCCCN(C)CC1CCCN1C. The van der Waals surface area contributed by atoms with Crippen molar-refractivity contribution < 1.29 is 0 Å². The molecule has 1 unspecified atom stereocenters. The summed E-state index contributed by atoms with van der Waals surface area (Å²) in [4.78, 5) is 5.04. The highest BCUT2D eigenvalue weighted by Crippen LogP contribution is 2.15. The van der Waals surface area contributed by atoms with Gasteiger partial charge in [-0.15, -0.1) is 0 Å². The van der Waals surface area contributed by atoms with Crippen molar-refractivity contribution in [1.29, 1.82) is 0 Å². The van der Waals surface area contributed by atoms with Gasteiger partial charge < -0.3 is 15.1 Å². The third-order valence-corrected chi connectivity index (χ3v) is 4.14. The Bertz CT molecular complexity index is 218. The summed E-state index contributed by atoms with van der Waals surface area (Å²) in [7, 11) is 4.55. The van der Waals surface area contributed by atoms with E-state index in [1.807, 2.05) is 0 Å². The van der Waals surface area contributed by atoms with Gasteiger partial charge in [0.25, 0.3) is 0 Å². The fourth-order valence-electron chi connectivity index (χ4n) is 2.86. The van der Waals surface area contributed by atoms with E-state index in [1.54, 1.807) is 0 Å². The minimum atomic E-state index is 0.773. The van der Waals surface area contributed by atoms with Crippen molar-refractivity contribution in [3.05, 3.63) is 0 Å². The molecule has 0 aromatic rings. The van der Waals surface area contributed by atoms with Crippen molar-refractivity contribution in [2.24, 2.45) is 5.92 Å². The standard InChI is InChI=1S/C16H35N3/c1-15(2)13-17-10-6-5-7-11-18(3)14-16-9-8-12-19(16)4/h15-17H,5-14H2,1-4H3. The van der Waals surface area contributed by atoms with Crippen LogP contribution in [0, 0.1) is 5.92 Å². The number of likely N-dealkylation sites (tertiary alicyclic amines) is 1. The molecule has 1 aliphatic heterocycles. The molecular formula is C16H35N3. The summed E-state index contributed by atoms with van der Waals surface area (Å²) < 4.78 is 0. The summed E-state index contributed by atoms with van der Waals surface area (Å²) in [6.07, 6.45) is 6.80. The van der Waals surface area contributed by atoms with Crippen molar-refractivity contribution in [1.82, 2.24) is 15.1 Å². The van der Waals surface area contributed by atoms with Crippen LogP contribution in [0.5, 0.6) is 0 Å². The molecule has 0 spiro atoms. The van der Waals surface area contributed by atoms with Crippen molar-refractivity contribution in [3.63, 3.8) is 0 Å². The number of nitrogens with one attached hydrogen (secondary N) is 1. The van der Waals surface area contributed by atoms with Gasteiger partial charge >= 0.3 is 0 Å². The first-order chi connectivity index (χ1) is 9.09. The van der Waals surface area contributed by atoms with E-state index in [1.165, 1.54) is 58.3 Å². The minimum absolute atomic E-state index is 0.773. The van der Waals surface area contributed by atoms with Gasteiger partial charge in [-0.1, -0.05) is 20.3 Å². The van der Waals surface area contributed by atoms with Crippen LogP contribution >= 0.6 is 0 Å². The lowest BCUT2D eigenvalue weighted by molar-refractivity contribution is 0.217. The van der Waals surface area contributed by atoms with Crippen LogP contribution in [0.4, 0.5) is 0 Å². The largest absolute Gasteiger partial charge is 0.316 e. The second kappa shape index (κ2) is 9.73. The Morgan fingerprint density at radius 1 is 1.26 bits per heavy atom. The first-order valence-corrected chi connectivity index (χ1v) is 8.19. The van der Waals surface area contributed by atoms with E-state index in [9.17, 15) is 0 Å². The Morgan fingerprint density at radius 3 is 2.68 bits per heavy atom. The lowest BCUT2D eigenvalue weighted by atomic mass is 10.2. The highest BCUT2D eigenvalue weighted by Gasteiger charge is 2.21. The fraction of sp³-hybridized carbons (Fsp3) is 1.00. The molecule has 3 heteroatoms. The predicted molar refractivity (Wildman–Crippen MR) is 84.7 cm³/mol. The normalized spacial score (nSPS) is 20.8. The first-order valence-electron chi connectivity index (χ1n) is 8.19. The molecule has 1 fully saturated rings. The van der Waals surface area contributed by atoms with Crippen LogP contribution in [0.25, 0.3) is 0 Å². The number of hydrogen-bond acceptors (Lipinski definition) is 3. The van der Waals surface area contributed by atoms with Crippen LogP contribution in [-0.2, 0) is 0 Å². The van der Waals surface area contributed by atoms with Gasteiger partial charge in [0.05, 0.1) is 0 Å². The molecule has 1 saturated heterocycles. The molecule has 0 amide bonds. The molecular weight excluding hydrogens is 234 g/mol. The number of rotatable bonds is 10. The molecule has 114 valence electrons. The molecule has 1 atom stereocenters. The average Bonchev–Trinajstić information content (AvgIpc) is 2.73. The zero-order chi connectivity index (χ0) is 14.1. The van der Waals surface area contributed by atoms with Gasteiger partial charge in [0.1, 0.15) is 0 Å². The Morgan fingerprint density at radius 2 is 2.05 bits per heavy atom. The fourth-order valence-corrected chi connectivity index (χ4v) is 2.86. The zero-order valence-corrected chi connectivity index (χ0v) is 13.6. The number of hydrogen-bond donors (Lipinski definition) is 1. The number of likely N-dealkylation sites (N-methyl/N-ethyl adjacent to an activating group) is 2. The van der Waals surface area contributed by atoms with Gasteiger partial charge in [-0.3, -0.25) is 0 Å². The van der Waals surface area contributed by atoms with Crippen LogP contribution in [0.3, 0.4) is 0 Å². The molecule has 1 rings (SSSR count). The van der Waals surface area contributed by atoms with Gasteiger partial charge in [-0.2, -0.15) is 0 Å². The van der Waals surface area contributed by atoms with Crippen LogP contribution in [0.1, 0.15) is 46.0 Å². The zero-order valence-electron chi connectivity index (χ0n) is 13.6. The maximum absolute atomic E-state index is 3.52. The van der Waals surface area contributed by atoms with E-state index in [2.05, 4.69) is 43.1 Å². The van der Waals surface area contributed by atoms with Crippen molar-refractivity contribution in [2.45, 2.75) is 52.0 Å². The number of nitrogens with zero attached hydrogens (tertiary/aromatic N) is 2. The maximum atomic E-state index is 3.52. The summed E-state index contributed by atoms with van der Waals surface area (Å²) in [5.41, 5.74) is 0. The van der Waals surface area contributed by atoms with E-state index in [0.29, 0.717) is 0 Å². The van der Waals surface area contributed by atoms with Crippen LogP contribution in [0.2, 0.25) is 0 Å². The Hall–Kier alpha value is -0.120. The molecule has 0 radical (unpaired) electrons. The molecule has 0 bridgehead atoms. The molecule has 1 heterocycles.